The molecule has 0 N–H and O–H groups in total. The first kappa shape index (κ1) is 61.2. The molecule has 0 amide bonds. The summed E-state index contributed by atoms with van der Waals surface area (Å²) >= 11 is 0. The van der Waals surface area contributed by atoms with Crippen LogP contribution >= 0.6 is 0 Å². The Labute approximate surface area is 388 Å². The fourth-order valence-electron chi connectivity index (χ4n) is 6.45. The van der Waals surface area contributed by atoms with Crippen LogP contribution in [0.25, 0.3) is 0 Å². The van der Waals surface area contributed by atoms with E-state index in [1.807, 2.05) is 85.9 Å². The van der Waals surface area contributed by atoms with Crippen LogP contribution in [0.1, 0.15) is 84.1 Å². The molecular formula is C51H92O6Si5. The van der Waals surface area contributed by atoms with E-state index in [1.54, 1.807) is 0 Å². The normalized spacial score (nSPS) is 11.5. The highest BCUT2D eigenvalue weighted by Gasteiger charge is 2.35. The maximum absolute atomic E-state index is 6.54. The number of rotatable bonds is 20. The van der Waals surface area contributed by atoms with Crippen LogP contribution < -0.4 is 18.3 Å². The molecule has 0 aromatic heterocycles. The van der Waals surface area contributed by atoms with Gasteiger partial charge in [-0.1, -0.05) is 133 Å². The van der Waals surface area contributed by atoms with Crippen molar-refractivity contribution in [3.63, 3.8) is 0 Å². The molecule has 0 spiro atoms. The van der Waals surface area contributed by atoms with Gasteiger partial charge >= 0.3 is 8.56 Å². The Morgan fingerprint density at radius 3 is 0.855 bits per heavy atom. The molecule has 0 unspecified atom stereocenters. The lowest BCUT2D eigenvalue weighted by molar-refractivity contribution is 0.329. The molecule has 62 heavy (non-hydrogen) atoms. The fraction of sp³-hybridized carbons (Fsp3) is 0.529. The molecule has 352 valence electrons. The molecule has 4 aromatic rings. The third-order valence-corrected chi connectivity index (χ3v) is 24.4. The van der Waals surface area contributed by atoms with Crippen LogP contribution in [-0.2, 0) is 8.23 Å². The zero-order chi connectivity index (χ0) is 44.3. The Bertz CT molecular complexity index is 1620. The van der Waals surface area contributed by atoms with Gasteiger partial charge in [0, 0.05) is 13.1 Å². The molecule has 0 heterocycles. The molecule has 0 aliphatic rings. The van der Waals surface area contributed by atoms with Gasteiger partial charge in [0.05, 0.1) is 0 Å². The third-order valence-electron chi connectivity index (χ3n) is 9.35. The van der Waals surface area contributed by atoms with Crippen LogP contribution in [0.5, 0.6) is 23.0 Å². The van der Waals surface area contributed by atoms with Crippen LogP contribution in [0.15, 0.2) is 97.1 Å². The first-order valence-electron chi connectivity index (χ1n) is 21.7. The Hall–Kier alpha value is -2.92. The van der Waals surface area contributed by atoms with E-state index in [9.17, 15) is 0 Å². The average molecular weight is 942 g/mol. The molecule has 0 atom stereocenters. The van der Waals surface area contributed by atoms with Crippen molar-refractivity contribution in [3.8, 4) is 23.0 Å². The quantitative estimate of drug-likeness (QED) is 0.0823. The van der Waals surface area contributed by atoms with E-state index in [-0.39, 0.29) is 22.3 Å². The van der Waals surface area contributed by atoms with Crippen molar-refractivity contribution in [2.45, 2.75) is 167 Å². The van der Waals surface area contributed by atoms with Gasteiger partial charge in [-0.2, -0.15) is 0 Å². The Morgan fingerprint density at radius 1 is 0.355 bits per heavy atom. The summed E-state index contributed by atoms with van der Waals surface area (Å²) in [5, 5.41) is 0. The molecule has 0 radical (unpaired) electrons. The fourth-order valence-corrected chi connectivity index (χ4v) is 24.6. The van der Waals surface area contributed by atoms with Gasteiger partial charge in [0.25, 0.3) is 0 Å². The highest BCUT2D eigenvalue weighted by Crippen LogP contribution is 2.25. The summed E-state index contributed by atoms with van der Waals surface area (Å²) in [6.45, 7) is 35.3. The molecular weight excluding hydrogens is 849 g/mol. The maximum atomic E-state index is 6.54. The van der Waals surface area contributed by atoms with E-state index in [1.165, 1.54) is 60.0 Å². The summed E-state index contributed by atoms with van der Waals surface area (Å²) in [6, 6.07) is 35.2. The summed E-state index contributed by atoms with van der Waals surface area (Å²) in [7, 11) is -8.76. The van der Waals surface area contributed by atoms with E-state index in [0.717, 1.165) is 23.0 Å². The number of hydrogen-bond acceptors (Lipinski definition) is 6. The first-order chi connectivity index (χ1) is 27.4. The standard InChI is InChI=1S/C20H30O3Si2.C16H20O2Si.C12H30OSi2.3CH4/c1-17-7-11-19(12-8-17)21-15-24(3,4)23-25(5,6)16-22-20-13-9-18(2)10-14-20;1-13-5-9-15(10-6-13)17-19(3,4)18-16-11-7-14(2)8-12-16;1-7-9-11-14(3,4)13-15(5,6)12-10-8-2;;;/h7-14H,15-16H2,1-6H3;5-12H,1-4H3;7-12H2,1-6H3;3*1H4. The molecule has 0 fully saturated rings. The third kappa shape index (κ3) is 27.3. The summed E-state index contributed by atoms with van der Waals surface area (Å²) in [5.74, 6) is 3.55. The van der Waals surface area contributed by atoms with Crippen LogP contribution in [0.4, 0.5) is 0 Å². The predicted molar refractivity (Wildman–Crippen MR) is 286 cm³/mol. The van der Waals surface area contributed by atoms with E-state index < -0.39 is 41.8 Å². The van der Waals surface area contributed by atoms with E-state index in [0.29, 0.717) is 12.5 Å². The minimum atomic E-state index is -2.22. The van der Waals surface area contributed by atoms with Gasteiger partial charge in [-0.3, -0.25) is 0 Å². The van der Waals surface area contributed by atoms with Crippen molar-refractivity contribution in [2.75, 3.05) is 12.5 Å². The molecule has 4 rings (SSSR count). The van der Waals surface area contributed by atoms with Gasteiger partial charge in [0.1, 0.15) is 35.5 Å². The van der Waals surface area contributed by atoms with Gasteiger partial charge in [-0.15, -0.1) is 0 Å². The lowest BCUT2D eigenvalue weighted by Crippen LogP contribution is -2.51. The van der Waals surface area contributed by atoms with Crippen molar-refractivity contribution in [3.05, 3.63) is 119 Å². The molecule has 0 saturated heterocycles. The van der Waals surface area contributed by atoms with Crippen molar-refractivity contribution in [1.29, 1.82) is 0 Å². The van der Waals surface area contributed by atoms with E-state index >= 15 is 0 Å². The topological polar surface area (TPSA) is 55.4 Å². The van der Waals surface area contributed by atoms with Crippen LogP contribution in [0.3, 0.4) is 0 Å². The zero-order valence-electron chi connectivity index (χ0n) is 39.8. The number of unbranched alkanes of at least 4 members (excludes halogenated alkanes) is 2. The lowest BCUT2D eigenvalue weighted by Gasteiger charge is -2.34. The summed E-state index contributed by atoms with van der Waals surface area (Å²) < 4.78 is 37.0. The second kappa shape index (κ2) is 28.8. The largest absolute Gasteiger partial charge is 0.512 e. The molecule has 0 aliphatic heterocycles. The monoisotopic (exact) mass is 941 g/mol. The average Bonchev–Trinajstić information content (AvgIpc) is 3.14. The summed E-state index contributed by atoms with van der Waals surface area (Å²) in [6.07, 6.45) is 6.59. The number of hydrogen-bond donors (Lipinski definition) is 0. The van der Waals surface area contributed by atoms with E-state index in [4.69, 9.17) is 26.6 Å². The van der Waals surface area contributed by atoms with Crippen LogP contribution in [0, 0.1) is 27.7 Å². The highest BCUT2D eigenvalue weighted by atomic mass is 28.4. The minimum Gasteiger partial charge on any atom is -0.512 e. The van der Waals surface area contributed by atoms with Crippen molar-refractivity contribution in [2.24, 2.45) is 0 Å². The molecule has 4 aromatic carbocycles. The van der Waals surface area contributed by atoms with Crippen LogP contribution in [-0.4, -0.2) is 54.3 Å². The highest BCUT2D eigenvalue weighted by molar-refractivity contribution is 6.85. The Balaban J connectivity index is 0. The number of benzene rings is 4. The van der Waals surface area contributed by atoms with E-state index in [2.05, 4.69) is 118 Å². The molecule has 11 heteroatoms. The van der Waals surface area contributed by atoms with Gasteiger partial charge < -0.3 is 26.6 Å². The summed E-state index contributed by atoms with van der Waals surface area (Å²) in [5.41, 5.74) is 4.93. The molecule has 0 aliphatic carbocycles. The molecule has 6 nitrogen and oxygen atoms in total. The Kier molecular flexibility index (Phi) is 28.4. The first-order valence-corrected chi connectivity index (χ1v) is 37.0. The summed E-state index contributed by atoms with van der Waals surface area (Å²) in [4.78, 5) is 0. The second-order valence-electron chi connectivity index (χ2n) is 18.9. The SMILES string of the molecule is C.C.C.CCCC[Si](C)(C)O[Si](C)(C)CCCC.Cc1ccc(OC[Si](C)(C)O[Si](C)(C)COc2ccc(C)cc2)cc1.Cc1ccc(O[Si](C)(C)Oc2ccc(C)cc2)cc1. The van der Waals surface area contributed by atoms with Crippen molar-refractivity contribution >= 4 is 41.8 Å². The minimum absolute atomic E-state index is 0. The second-order valence-corrected chi connectivity index (χ2v) is 39.4. The van der Waals surface area contributed by atoms with Crippen molar-refractivity contribution in [1.82, 2.24) is 0 Å². The lowest BCUT2D eigenvalue weighted by atomic mass is 10.2. The van der Waals surface area contributed by atoms with Gasteiger partial charge in [0.15, 0.2) is 16.6 Å². The van der Waals surface area contributed by atoms with Gasteiger partial charge in [-0.05, 0) is 141 Å². The predicted octanol–water partition coefficient (Wildman–Crippen LogP) is 16.7. The smallest absolute Gasteiger partial charge is 0.454 e. The van der Waals surface area contributed by atoms with Gasteiger partial charge in [0.2, 0.25) is 16.6 Å². The maximum Gasteiger partial charge on any atom is 0.454 e. The number of ether oxygens (including phenoxy) is 2. The number of aryl methyl sites for hydroxylation is 4. The molecule has 0 bridgehead atoms. The Morgan fingerprint density at radius 2 is 0.597 bits per heavy atom. The van der Waals surface area contributed by atoms with Crippen LogP contribution in [0.2, 0.25) is 77.6 Å². The van der Waals surface area contributed by atoms with Gasteiger partial charge in [-0.25, -0.2) is 0 Å². The molecule has 0 saturated carbocycles. The zero-order valence-corrected chi connectivity index (χ0v) is 44.8. The van der Waals surface area contributed by atoms with Crippen molar-refractivity contribution < 1.29 is 26.6 Å².